The minimum atomic E-state index is -0.916. The second-order valence-corrected chi connectivity index (χ2v) is 6.67. The molecule has 0 atom stereocenters. The Morgan fingerprint density at radius 2 is 2.25 bits per heavy atom. The molecule has 0 amide bonds. The molecule has 3 aromatic heterocycles. The average Bonchev–Trinajstić information content (AvgIpc) is 3.05. The lowest BCUT2D eigenvalue weighted by atomic mass is 10.2. The van der Waals surface area contributed by atoms with Gasteiger partial charge in [0.2, 0.25) is 0 Å². The van der Waals surface area contributed by atoms with Gasteiger partial charge in [-0.3, -0.25) is 0 Å². The summed E-state index contributed by atoms with van der Waals surface area (Å²) < 4.78 is 0. The van der Waals surface area contributed by atoms with Crippen molar-refractivity contribution in [3.05, 3.63) is 33.4 Å². The molecule has 8 heteroatoms. The molecule has 0 aliphatic heterocycles. The fraction of sp³-hybridized carbons (Fsp3) is 0.167. The number of carboxylic acids is 1. The molecule has 102 valence electrons. The van der Waals surface area contributed by atoms with Crippen LogP contribution in [0.5, 0.6) is 0 Å². The van der Waals surface area contributed by atoms with Gasteiger partial charge in [-0.2, -0.15) is 0 Å². The number of aryl methyl sites for hydroxylation is 1. The first-order valence-electron chi connectivity index (χ1n) is 5.64. The number of thiazole rings is 1. The number of rotatable bonds is 4. The Bertz CT molecular complexity index is 768. The number of carboxylic acid groups (broad SMARTS) is 1. The smallest absolute Gasteiger partial charge is 0.346 e. The molecule has 0 aliphatic carbocycles. The summed E-state index contributed by atoms with van der Waals surface area (Å²) in [5, 5.41) is 12.8. The number of thioether (sulfide) groups is 1. The molecule has 0 unspecified atom stereocenters. The molecule has 0 radical (unpaired) electrons. The van der Waals surface area contributed by atoms with Crippen molar-refractivity contribution in [1.29, 1.82) is 0 Å². The minimum absolute atomic E-state index is 0.330. The maximum atomic E-state index is 11.2. The van der Waals surface area contributed by atoms with Gasteiger partial charge in [-0.25, -0.2) is 19.7 Å². The van der Waals surface area contributed by atoms with E-state index in [2.05, 4.69) is 15.0 Å². The van der Waals surface area contributed by atoms with Gasteiger partial charge in [0.15, 0.2) is 0 Å². The molecule has 0 saturated carbocycles. The van der Waals surface area contributed by atoms with Gasteiger partial charge in [0.25, 0.3) is 0 Å². The Morgan fingerprint density at radius 1 is 1.40 bits per heavy atom. The van der Waals surface area contributed by atoms with Gasteiger partial charge < -0.3 is 5.11 Å². The first kappa shape index (κ1) is 13.5. The summed E-state index contributed by atoms with van der Waals surface area (Å²) in [5.74, 6) is -0.200. The number of hydrogen-bond donors (Lipinski definition) is 1. The molecule has 1 N–H and O–H groups in total. The Morgan fingerprint density at radius 3 is 2.95 bits per heavy atom. The van der Waals surface area contributed by atoms with Gasteiger partial charge in [-0.1, -0.05) is 11.8 Å². The van der Waals surface area contributed by atoms with Crippen LogP contribution in [0.15, 0.2) is 22.2 Å². The Labute approximate surface area is 126 Å². The minimum Gasteiger partial charge on any atom is -0.477 e. The van der Waals surface area contributed by atoms with Crippen LogP contribution >= 0.6 is 34.4 Å². The maximum Gasteiger partial charge on any atom is 0.346 e. The van der Waals surface area contributed by atoms with E-state index in [0.717, 1.165) is 26.5 Å². The molecular formula is C12H9N3O2S3. The molecular weight excluding hydrogens is 314 g/mol. The zero-order valence-electron chi connectivity index (χ0n) is 10.4. The van der Waals surface area contributed by atoms with Crippen LogP contribution in [0.4, 0.5) is 0 Å². The number of fused-ring (bicyclic) bond motifs is 1. The highest BCUT2D eigenvalue weighted by atomic mass is 32.2. The predicted molar refractivity (Wildman–Crippen MR) is 80.8 cm³/mol. The summed E-state index contributed by atoms with van der Waals surface area (Å²) in [5.41, 5.74) is 3.53. The number of thiophene rings is 1. The van der Waals surface area contributed by atoms with E-state index in [4.69, 9.17) is 0 Å². The standard InChI is InChI=1S/C12H9N3O2S3/c1-6-8-10(19-3-7-2-18-5-15-7)13-4-14-11(8)20-9(6)12(16)17/h2,4-5H,3H2,1H3,(H,16,17). The van der Waals surface area contributed by atoms with E-state index in [0.29, 0.717) is 10.6 Å². The lowest BCUT2D eigenvalue weighted by molar-refractivity contribution is 0.0701. The molecule has 3 heterocycles. The largest absolute Gasteiger partial charge is 0.477 e. The van der Waals surface area contributed by atoms with Gasteiger partial charge in [0, 0.05) is 16.5 Å². The van der Waals surface area contributed by atoms with Crippen molar-refractivity contribution in [2.45, 2.75) is 17.7 Å². The molecule has 3 aromatic rings. The van der Waals surface area contributed by atoms with E-state index >= 15 is 0 Å². The predicted octanol–water partition coefficient (Wildman–Crippen LogP) is 3.45. The second kappa shape index (κ2) is 5.47. The molecule has 0 aromatic carbocycles. The van der Waals surface area contributed by atoms with E-state index in [1.165, 1.54) is 17.7 Å². The van der Waals surface area contributed by atoms with E-state index in [1.807, 2.05) is 5.38 Å². The third-order valence-corrected chi connectivity index (χ3v) is 5.57. The van der Waals surface area contributed by atoms with Crippen LogP contribution in [-0.2, 0) is 5.75 Å². The molecule has 0 fully saturated rings. The summed E-state index contributed by atoms with van der Waals surface area (Å²) in [6.07, 6.45) is 1.48. The lowest BCUT2D eigenvalue weighted by Crippen LogP contribution is -1.94. The number of hydrogen-bond acceptors (Lipinski definition) is 7. The van der Waals surface area contributed by atoms with Crippen molar-refractivity contribution < 1.29 is 9.90 Å². The highest BCUT2D eigenvalue weighted by Gasteiger charge is 2.18. The quantitative estimate of drug-likeness (QED) is 0.585. The molecule has 20 heavy (non-hydrogen) atoms. The number of aromatic nitrogens is 3. The fourth-order valence-electron chi connectivity index (χ4n) is 1.80. The SMILES string of the molecule is Cc1c(C(=O)O)sc2ncnc(SCc3cscn3)c12. The summed E-state index contributed by atoms with van der Waals surface area (Å²) in [4.78, 5) is 24.9. The maximum absolute atomic E-state index is 11.2. The Hall–Kier alpha value is -1.51. The summed E-state index contributed by atoms with van der Waals surface area (Å²) in [6.45, 7) is 1.80. The number of aromatic carboxylic acids is 1. The van der Waals surface area contributed by atoms with Gasteiger partial charge >= 0.3 is 5.97 Å². The molecule has 0 aliphatic rings. The topological polar surface area (TPSA) is 76.0 Å². The van der Waals surface area contributed by atoms with Gasteiger partial charge in [0.1, 0.15) is 21.1 Å². The lowest BCUT2D eigenvalue weighted by Gasteiger charge is -2.01. The zero-order valence-corrected chi connectivity index (χ0v) is 12.8. The average molecular weight is 323 g/mol. The van der Waals surface area contributed by atoms with Crippen LogP contribution < -0.4 is 0 Å². The van der Waals surface area contributed by atoms with Crippen LogP contribution in [0.3, 0.4) is 0 Å². The molecule has 0 bridgehead atoms. The first-order valence-corrected chi connectivity index (χ1v) is 8.38. The molecule has 0 spiro atoms. The second-order valence-electron chi connectivity index (χ2n) is 3.99. The third kappa shape index (κ3) is 2.41. The monoisotopic (exact) mass is 323 g/mol. The summed E-state index contributed by atoms with van der Waals surface area (Å²) >= 11 is 4.30. The van der Waals surface area contributed by atoms with Crippen LogP contribution in [0.1, 0.15) is 20.9 Å². The Kier molecular flexibility index (Phi) is 3.68. The Balaban J connectivity index is 2.00. The summed E-state index contributed by atoms with van der Waals surface area (Å²) in [7, 11) is 0. The third-order valence-electron chi connectivity index (χ3n) is 2.73. The van der Waals surface area contributed by atoms with Crippen molar-refractivity contribution in [2.75, 3.05) is 0 Å². The molecule has 0 saturated heterocycles. The van der Waals surface area contributed by atoms with Crippen LogP contribution in [0.25, 0.3) is 10.2 Å². The van der Waals surface area contributed by atoms with Crippen molar-refractivity contribution in [2.24, 2.45) is 0 Å². The number of nitrogens with zero attached hydrogens (tertiary/aromatic N) is 3. The van der Waals surface area contributed by atoms with Crippen LogP contribution in [0.2, 0.25) is 0 Å². The van der Waals surface area contributed by atoms with Gasteiger partial charge in [-0.05, 0) is 12.5 Å². The number of carbonyl (C=O) groups is 1. The fourth-order valence-corrected chi connectivity index (χ4v) is 4.48. The van der Waals surface area contributed by atoms with Gasteiger partial charge in [-0.15, -0.1) is 22.7 Å². The normalized spacial score (nSPS) is 11.1. The highest BCUT2D eigenvalue weighted by molar-refractivity contribution is 7.98. The van der Waals surface area contributed by atoms with E-state index in [1.54, 1.807) is 35.5 Å². The van der Waals surface area contributed by atoms with Crippen molar-refractivity contribution in [1.82, 2.24) is 15.0 Å². The van der Waals surface area contributed by atoms with Crippen molar-refractivity contribution in [3.8, 4) is 0 Å². The molecule has 5 nitrogen and oxygen atoms in total. The van der Waals surface area contributed by atoms with Crippen LogP contribution in [0, 0.1) is 6.92 Å². The van der Waals surface area contributed by atoms with Gasteiger partial charge in [0.05, 0.1) is 11.2 Å². The van der Waals surface area contributed by atoms with Crippen LogP contribution in [-0.4, -0.2) is 26.0 Å². The summed E-state index contributed by atoms with van der Waals surface area (Å²) in [6, 6.07) is 0. The van der Waals surface area contributed by atoms with E-state index < -0.39 is 5.97 Å². The van der Waals surface area contributed by atoms with Crippen molar-refractivity contribution in [3.63, 3.8) is 0 Å². The zero-order chi connectivity index (χ0) is 14.1. The molecule has 3 rings (SSSR count). The van der Waals surface area contributed by atoms with Crippen molar-refractivity contribution >= 4 is 50.6 Å². The first-order chi connectivity index (χ1) is 9.66. The van der Waals surface area contributed by atoms with E-state index in [9.17, 15) is 9.90 Å². The highest BCUT2D eigenvalue weighted by Crippen LogP contribution is 2.35. The van der Waals surface area contributed by atoms with E-state index in [-0.39, 0.29) is 0 Å².